The van der Waals surface area contributed by atoms with Gasteiger partial charge in [0.25, 0.3) is 10.0 Å². The summed E-state index contributed by atoms with van der Waals surface area (Å²) in [6.45, 7) is 3.36. The van der Waals surface area contributed by atoms with Crippen molar-refractivity contribution >= 4 is 38.7 Å². The van der Waals surface area contributed by atoms with Crippen LogP contribution in [-0.2, 0) is 16.4 Å². The number of nitrogens with zero attached hydrogens (tertiary/aromatic N) is 2. The topological polar surface area (TPSA) is 103 Å². The summed E-state index contributed by atoms with van der Waals surface area (Å²) in [5.74, 6) is 2.40. The van der Waals surface area contributed by atoms with Gasteiger partial charge in [-0.15, -0.1) is 16.6 Å². The van der Waals surface area contributed by atoms with Crippen molar-refractivity contribution < 1.29 is 13.2 Å². The van der Waals surface area contributed by atoms with E-state index in [4.69, 9.17) is 23.2 Å². The molecular formula is C14H14ClN3O3S2. The standard InChI is InChI=1S/C10H7ClO.C4H7N3O2S2/c1-3-8-4-5-9(7(2)12)6-10(8)11;1-2-3-6-7-4(10-3)11(5,8)9/h1,4-6H,2H3;2H2,1H3,(H2,5,8,9). The molecule has 23 heavy (non-hydrogen) atoms. The van der Waals surface area contributed by atoms with Crippen LogP contribution in [0.1, 0.15) is 34.8 Å². The molecule has 0 amide bonds. The minimum Gasteiger partial charge on any atom is -0.295 e. The molecule has 9 heteroatoms. The minimum absolute atomic E-state index is 0.0135. The van der Waals surface area contributed by atoms with E-state index in [1.165, 1.54) is 6.92 Å². The first kappa shape index (κ1) is 19.3. The Bertz CT molecular complexity index is 854. The quantitative estimate of drug-likeness (QED) is 0.658. The number of aryl methyl sites for hydroxylation is 1. The van der Waals surface area contributed by atoms with Gasteiger partial charge in [0.05, 0.1) is 5.02 Å². The van der Waals surface area contributed by atoms with E-state index in [-0.39, 0.29) is 10.1 Å². The SMILES string of the molecule is C#Cc1ccc(C(C)=O)cc1Cl.CCc1nnc(S(N)(=O)=O)s1. The lowest BCUT2D eigenvalue weighted by Gasteiger charge is -1.98. The Morgan fingerprint density at radius 1 is 1.43 bits per heavy atom. The molecule has 2 rings (SSSR count). The van der Waals surface area contributed by atoms with E-state index in [2.05, 4.69) is 16.1 Å². The van der Waals surface area contributed by atoms with Crippen LogP contribution in [0.15, 0.2) is 22.5 Å². The molecule has 0 saturated carbocycles. The van der Waals surface area contributed by atoms with Crippen LogP contribution in [0.25, 0.3) is 0 Å². The van der Waals surface area contributed by atoms with Gasteiger partial charge in [-0.3, -0.25) is 4.79 Å². The maximum Gasteiger partial charge on any atom is 0.267 e. The van der Waals surface area contributed by atoms with Crippen molar-refractivity contribution in [3.05, 3.63) is 39.4 Å². The van der Waals surface area contributed by atoms with Crippen molar-refractivity contribution in [2.24, 2.45) is 5.14 Å². The van der Waals surface area contributed by atoms with E-state index in [9.17, 15) is 13.2 Å². The number of carbonyl (C=O) groups is 1. The molecule has 0 saturated heterocycles. The van der Waals surface area contributed by atoms with Crippen LogP contribution >= 0.6 is 22.9 Å². The Kier molecular flexibility index (Phi) is 6.84. The number of nitrogens with two attached hydrogens (primary N) is 1. The molecule has 0 unspecified atom stereocenters. The number of sulfonamides is 1. The number of hydrogen-bond donors (Lipinski definition) is 1. The van der Waals surface area contributed by atoms with Gasteiger partial charge in [0, 0.05) is 11.1 Å². The first-order chi connectivity index (χ1) is 10.7. The maximum absolute atomic E-state index is 10.9. The minimum atomic E-state index is -3.65. The third-order valence-electron chi connectivity index (χ3n) is 2.53. The van der Waals surface area contributed by atoms with Crippen molar-refractivity contribution in [1.29, 1.82) is 0 Å². The average molecular weight is 372 g/mol. The molecule has 0 atom stereocenters. The number of hydrogen-bond acceptors (Lipinski definition) is 6. The van der Waals surface area contributed by atoms with Crippen LogP contribution in [0.2, 0.25) is 5.02 Å². The van der Waals surface area contributed by atoms with Gasteiger partial charge in [0.15, 0.2) is 5.78 Å². The van der Waals surface area contributed by atoms with Gasteiger partial charge in [0.1, 0.15) is 5.01 Å². The molecule has 2 N–H and O–H groups in total. The predicted octanol–water partition coefficient (Wildman–Crippen LogP) is 2.27. The van der Waals surface area contributed by atoms with E-state index in [0.717, 1.165) is 11.3 Å². The molecule has 0 radical (unpaired) electrons. The van der Waals surface area contributed by atoms with Gasteiger partial charge < -0.3 is 0 Å². The van der Waals surface area contributed by atoms with E-state index in [1.807, 2.05) is 6.92 Å². The molecule has 1 heterocycles. The Labute approximate surface area is 143 Å². The fourth-order valence-corrected chi connectivity index (χ4v) is 3.00. The Morgan fingerprint density at radius 3 is 2.43 bits per heavy atom. The monoisotopic (exact) mass is 371 g/mol. The zero-order valence-electron chi connectivity index (χ0n) is 12.4. The first-order valence-electron chi connectivity index (χ1n) is 6.31. The van der Waals surface area contributed by atoms with Crippen LogP contribution < -0.4 is 5.14 Å². The molecule has 0 spiro atoms. The predicted molar refractivity (Wildman–Crippen MR) is 90.1 cm³/mol. The number of aromatic nitrogens is 2. The highest BCUT2D eigenvalue weighted by Crippen LogP contribution is 2.17. The van der Waals surface area contributed by atoms with E-state index >= 15 is 0 Å². The zero-order chi connectivity index (χ0) is 17.6. The van der Waals surface area contributed by atoms with E-state index in [0.29, 0.717) is 27.6 Å². The van der Waals surface area contributed by atoms with Crippen molar-refractivity contribution in [1.82, 2.24) is 10.2 Å². The number of Topliss-reactive ketones (excluding diaryl/α,β-unsaturated/α-hetero) is 1. The second kappa shape index (κ2) is 8.17. The molecule has 1 aromatic carbocycles. The summed E-state index contributed by atoms with van der Waals surface area (Å²) in [4.78, 5) is 10.9. The van der Waals surface area contributed by atoms with Crippen molar-refractivity contribution in [2.75, 3.05) is 0 Å². The largest absolute Gasteiger partial charge is 0.295 e. The first-order valence-corrected chi connectivity index (χ1v) is 9.05. The Morgan fingerprint density at radius 2 is 2.09 bits per heavy atom. The molecule has 0 aliphatic heterocycles. The summed E-state index contributed by atoms with van der Waals surface area (Å²) < 4.78 is 21.2. The van der Waals surface area contributed by atoms with Crippen LogP contribution in [-0.4, -0.2) is 24.4 Å². The number of ketones is 1. The smallest absolute Gasteiger partial charge is 0.267 e. The molecule has 0 aliphatic carbocycles. The summed E-state index contributed by atoms with van der Waals surface area (Å²) in [6, 6.07) is 4.92. The molecule has 6 nitrogen and oxygen atoms in total. The maximum atomic E-state index is 10.9. The number of benzene rings is 1. The van der Waals surface area contributed by atoms with Crippen LogP contribution in [0.4, 0.5) is 0 Å². The van der Waals surface area contributed by atoms with Gasteiger partial charge in [-0.05, 0) is 25.5 Å². The summed E-state index contributed by atoms with van der Waals surface area (Å²) in [5, 5.41) is 13.0. The lowest BCUT2D eigenvalue weighted by molar-refractivity contribution is 0.101. The lowest BCUT2D eigenvalue weighted by atomic mass is 10.1. The summed E-state index contributed by atoms with van der Waals surface area (Å²) in [5.41, 5.74) is 1.20. The van der Waals surface area contributed by atoms with Crippen molar-refractivity contribution in [3.8, 4) is 12.3 Å². The third kappa shape index (κ3) is 5.73. The fraction of sp³-hybridized carbons (Fsp3) is 0.214. The van der Waals surface area contributed by atoms with E-state index in [1.54, 1.807) is 18.2 Å². The van der Waals surface area contributed by atoms with Gasteiger partial charge in [0.2, 0.25) is 4.34 Å². The highest BCUT2D eigenvalue weighted by molar-refractivity contribution is 7.91. The average Bonchev–Trinajstić information content (AvgIpc) is 2.97. The molecular weight excluding hydrogens is 358 g/mol. The molecule has 0 bridgehead atoms. The molecule has 2 aromatic rings. The van der Waals surface area contributed by atoms with Crippen molar-refractivity contribution in [2.45, 2.75) is 24.6 Å². The summed E-state index contributed by atoms with van der Waals surface area (Å²) in [7, 11) is -3.65. The third-order valence-corrected chi connectivity index (χ3v) is 5.22. The van der Waals surface area contributed by atoms with Gasteiger partial charge in [-0.25, -0.2) is 13.6 Å². The summed E-state index contributed by atoms with van der Waals surface area (Å²) >= 11 is 6.78. The van der Waals surface area contributed by atoms with Gasteiger partial charge in [-0.2, -0.15) is 0 Å². The second-order valence-corrected chi connectivity index (χ2v) is 7.46. The number of rotatable bonds is 3. The fourth-order valence-electron chi connectivity index (χ4n) is 1.35. The number of halogens is 1. The summed E-state index contributed by atoms with van der Waals surface area (Å²) in [6.07, 6.45) is 5.83. The van der Waals surface area contributed by atoms with Crippen LogP contribution in [0.5, 0.6) is 0 Å². The second-order valence-electron chi connectivity index (χ2n) is 4.26. The number of carbonyl (C=O) groups excluding carboxylic acids is 1. The highest BCUT2D eigenvalue weighted by Gasteiger charge is 2.13. The molecule has 0 aliphatic rings. The van der Waals surface area contributed by atoms with Crippen LogP contribution in [0, 0.1) is 12.3 Å². The number of primary sulfonamides is 1. The molecule has 1 aromatic heterocycles. The van der Waals surface area contributed by atoms with E-state index < -0.39 is 10.0 Å². The van der Waals surface area contributed by atoms with Crippen molar-refractivity contribution in [3.63, 3.8) is 0 Å². The van der Waals surface area contributed by atoms with Gasteiger partial charge in [-0.1, -0.05) is 41.8 Å². The Hall–Kier alpha value is -1.79. The van der Waals surface area contributed by atoms with Gasteiger partial charge >= 0.3 is 0 Å². The normalized spacial score (nSPS) is 10.4. The van der Waals surface area contributed by atoms with Crippen LogP contribution in [0.3, 0.4) is 0 Å². The lowest BCUT2D eigenvalue weighted by Crippen LogP contribution is -2.11. The Balaban J connectivity index is 0.000000231. The molecule has 122 valence electrons. The highest BCUT2D eigenvalue weighted by atomic mass is 35.5. The number of terminal acetylenes is 1. The zero-order valence-corrected chi connectivity index (χ0v) is 14.8. The molecule has 0 fully saturated rings.